The van der Waals surface area contributed by atoms with E-state index in [2.05, 4.69) is 10.3 Å². The monoisotopic (exact) mass is 327 g/mol. The van der Waals surface area contributed by atoms with E-state index >= 15 is 0 Å². The maximum atomic E-state index is 12.5. The SMILES string of the molecule is CC(O)(CNC(=O)c1ccc(Cn2ccnc2)cc1)C(F)(F)F. The van der Waals surface area contributed by atoms with Crippen LogP contribution in [0.5, 0.6) is 0 Å². The fraction of sp³-hybridized carbons (Fsp3) is 0.333. The van der Waals surface area contributed by atoms with Gasteiger partial charge in [-0.1, -0.05) is 12.1 Å². The molecule has 0 radical (unpaired) electrons. The van der Waals surface area contributed by atoms with Crippen molar-refractivity contribution in [1.82, 2.24) is 14.9 Å². The van der Waals surface area contributed by atoms with Crippen LogP contribution in [0.15, 0.2) is 43.0 Å². The quantitative estimate of drug-likeness (QED) is 0.882. The second kappa shape index (κ2) is 6.41. The van der Waals surface area contributed by atoms with Gasteiger partial charge in [-0.05, 0) is 24.6 Å². The summed E-state index contributed by atoms with van der Waals surface area (Å²) in [4.78, 5) is 15.8. The van der Waals surface area contributed by atoms with Crippen LogP contribution in [0.25, 0.3) is 0 Å². The van der Waals surface area contributed by atoms with Crippen LogP contribution in [0.3, 0.4) is 0 Å². The van der Waals surface area contributed by atoms with Gasteiger partial charge < -0.3 is 15.0 Å². The molecule has 0 aliphatic carbocycles. The Labute approximate surface area is 130 Å². The molecule has 2 aromatic rings. The number of rotatable bonds is 5. The molecular formula is C15H16F3N3O2. The van der Waals surface area contributed by atoms with Gasteiger partial charge in [0.05, 0.1) is 12.9 Å². The highest BCUT2D eigenvalue weighted by molar-refractivity contribution is 5.94. The Hall–Kier alpha value is -2.35. The molecule has 0 aliphatic heterocycles. The lowest BCUT2D eigenvalue weighted by Crippen LogP contribution is -2.51. The van der Waals surface area contributed by atoms with Crippen molar-refractivity contribution in [2.24, 2.45) is 0 Å². The first-order valence-corrected chi connectivity index (χ1v) is 6.81. The summed E-state index contributed by atoms with van der Waals surface area (Å²) in [6.07, 6.45) is 0.281. The van der Waals surface area contributed by atoms with Gasteiger partial charge in [-0.15, -0.1) is 0 Å². The molecule has 1 unspecified atom stereocenters. The summed E-state index contributed by atoms with van der Waals surface area (Å²) >= 11 is 0. The molecule has 0 saturated heterocycles. The van der Waals surface area contributed by atoms with Crippen LogP contribution in [-0.4, -0.2) is 38.9 Å². The molecule has 1 aromatic heterocycles. The van der Waals surface area contributed by atoms with Crippen molar-refractivity contribution in [2.45, 2.75) is 25.2 Å². The fourth-order valence-corrected chi connectivity index (χ4v) is 1.81. The molecule has 0 spiro atoms. The molecule has 124 valence electrons. The number of benzene rings is 1. The van der Waals surface area contributed by atoms with E-state index in [9.17, 15) is 23.1 Å². The van der Waals surface area contributed by atoms with Gasteiger partial charge >= 0.3 is 6.18 Å². The summed E-state index contributed by atoms with van der Waals surface area (Å²) in [5.74, 6) is -0.677. The summed E-state index contributed by atoms with van der Waals surface area (Å²) in [6, 6.07) is 6.45. The van der Waals surface area contributed by atoms with Crippen LogP contribution < -0.4 is 5.32 Å². The van der Waals surface area contributed by atoms with Gasteiger partial charge in [0, 0.05) is 24.5 Å². The molecule has 0 fully saturated rings. The van der Waals surface area contributed by atoms with E-state index in [0.29, 0.717) is 13.5 Å². The van der Waals surface area contributed by atoms with E-state index in [1.807, 2.05) is 4.57 Å². The Morgan fingerprint density at radius 2 is 1.96 bits per heavy atom. The number of aromatic nitrogens is 2. The maximum absolute atomic E-state index is 12.5. The molecule has 0 aliphatic rings. The highest BCUT2D eigenvalue weighted by Gasteiger charge is 2.49. The van der Waals surface area contributed by atoms with Gasteiger partial charge in [0.25, 0.3) is 5.91 Å². The second-order valence-corrected chi connectivity index (χ2v) is 5.39. The van der Waals surface area contributed by atoms with Crippen molar-refractivity contribution in [2.75, 3.05) is 6.54 Å². The van der Waals surface area contributed by atoms with Gasteiger partial charge in [0.2, 0.25) is 0 Å². The number of halogens is 3. The first-order valence-electron chi connectivity index (χ1n) is 6.81. The molecule has 2 rings (SSSR count). The molecular weight excluding hydrogens is 311 g/mol. The van der Waals surface area contributed by atoms with Gasteiger partial charge in [-0.3, -0.25) is 4.79 Å². The van der Waals surface area contributed by atoms with Gasteiger partial charge in [0.1, 0.15) is 0 Å². The first kappa shape index (κ1) is 17.0. The van der Waals surface area contributed by atoms with Crippen LogP contribution in [0.4, 0.5) is 13.2 Å². The van der Waals surface area contributed by atoms with Crippen LogP contribution in [-0.2, 0) is 6.54 Å². The minimum atomic E-state index is -4.81. The molecule has 1 aromatic carbocycles. The summed E-state index contributed by atoms with van der Waals surface area (Å²) in [7, 11) is 0. The van der Waals surface area contributed by atoms with Crippen LogP contribution in [0.2, 0.25) is 0 Å². The van der Waals surface area contributed by atoms with E-state index in [1.165, 1.54) is 12.1 Å². The molecule has 1 atom stereocenters. The number of imidazole rings is 1. The first-order chi connectivity index (χ1) is 10.7. The molecule has 1 amide bonds. The number of hydrogen-bond donors (Lipinski definition) is 2. The van der Waals surface area contributed by atoms with E-state index in [0.717, 1.165) is 5.56 Å². The van der Waals surface area contributed by atoms with E-state index < -0.39 is 24.2 Å². The van der Waals surface area contributed by atoms with Gasteiger partial charge in [0.15, 0.2) is 5.60 Å². The standard InChI is InChI=1S/C15H16F3N3O2/c1-14(23,15(16,17)18)9-20-13(22)12-4-2-11(3-5-12)8-21-7-6-19-10-21/h2-7,10,23H,8-9H2,1H3,(H,20,22). The van der Waals surface area contributed by atoms with E-state index in [4.69, 9.17) is 0 Å². The van der Waals surface area contributed by atoms with Crippen molar-refractivity contribution in [3.63, 3.8) is 0 Å². The maximum Gasteiger partial charge on any atom is 0.418 e. The Bertz CT molecular complexity index is 650. The fourth-order valence-electron chi connectivity index (χ4n) is 1.81. The summed E-state index contributed by atoms with van der Waals surface area (Å²) in [6.45, 7) is 0.276. The second-order valence-electron chi connectivity index (χ2n) is 5.39. The zero-order chi connectivity index (χ0) is 17.1. The van der Waals surface area contributed by atoms with Crippen LogP contribution in [0.1, 0.15) is 22.8 Å². The number of carbonyl (C=O) groups excluding carboxylic acids is 1. The predicted octanol–water partition coefficient (Wildman–Crippen LogP) is 1.97. The highest BCUT2D eigenvalue weighted by Crippen LogP contribution is 2.29. The van der Waals surface area contributed by atoms with Crippen molar-refractivity contribution in [1.29, 1.82) is 0 Å². The molecule has 1 heterocycles. The zero-order valence-electron chi connectivity index (χ0n) is 12.3. The largest absolute Gasteiger partial charge is 0.418 e. The summed E-state index contributed by atoms with van der Waals surface area (Å²) in [5.41, 5.74) is -1.83. The Morgan fingerprint density at radius 3 is 2.48 bits per heavy atom. The van der Waals surface area contributed by atoms with Crippen molar-refractivity contribution >= 4 is 5.91 Å². The number of aliphatic hydroxyl groups is 1. The predicted molar refractivity (Wildman–Crippen MR) is 76.8 cm³/mol. The topological polar surface area (TPSA) is 67.2 Å². The van der Waals surface area contributed by atoms with Crippen molar-refractivity contribution in [3.05, 3.63) is 54.1 Å². The minimum Gasteiger partial charge on any atom is -0.379 e. The average Bonchev–Trinajstić information content (AvgIpc) is 2.97. The molecule has 8 heteroatoms. The van der Waals surface area contributed by atoms with Crippen LogP contribution >= 0.6 is 0 Å². The highest BCUT2D eigenvalue weighted by atomic mass is 19.4. The number of nitrogens with zero attached hydrogens (tertiary/aromatic N) is 2. The minimum absolute atomic E-state index is 0.220. The Kier molecular flexibility index (Phi) is 4.74. The molecule has 23 heavy (non-hydrogen) atoms. The number of alkyl halides is 3. The van der Waals surface area contributed by atoms with Gasteiger partial charge in [-0.25, -0.2) is 4.98 Å². The smallest absolute Gasteiger partial charge is 0.379 e. The Balaban J connectivity index is 1.95. The summed E-state index contributed by atoms with van der Waals surface area (Å²) < 4.78 is 39.4. The lowest BCUT2D eigenvalue weighted by atomic mass is 10.1. The summed E-state index contributed by atoms with van der Waals surface area (Å²) in [5, 5.41) is 11.4. The van der Waals surface area contributed by atoms with Crippen molar-refractivity contribution in [3.8, 4) is 0 Å². The molecule has 0 saturated carbocycles. The third kappa shape index (κ3) is 4.32. The number of carbonyl (C=O) groups is 1. The Morgan fingerprint density at radius 1 is 1.30 bits per heavy atom. The normalized spacial score (nSPS) is 14.3. The number of amides is 1. The lowest BCUT2D eigenvalue weighted by molar-refractivity contribution is -0.249. The average molecular weight is 327 g/mol. The molecule has 5 nitrogen and oxygen atoms in total. The van der Waals surface area contributed by atoms with E-state index in [1.54, 1.807) is 30.9 Å². The van der Waals surface area contributed by atoms with Gasteiger partial charge in [-0.2, -0.15) is 13.2 Å². The molecule has 0 bridgehead atoms. The lowest BCUT2D eigenvalue weighted by Gasteiger charge is -2.26. The zero-order valence-corrected chi connectivity index (χ0v) is 12.3. The third-order valence-corrected chi connectivity index (χ3v) is 3.34. The third-order valence-electron chi connectivity index (χ3n) is 3.34. The van der Waals surface area contributed by atoms with Crippen molar-refractivity contribution < 1.29 is 23.1 Å². The number of hydrogen-bond acceptors (Lipinski definition) is 3. The number of nitrogens with one attached hydrogen (secondary N) is 1. The van der Waals surface area contributed by atoms with E-state index in [-0.39, 0.29) is 5.56 Å². The van der Waals surface area contributed by atoms with Crippen LogP contribution in [0, 0.1) is 0 Å². The molecule has 2 N–H and O–H groups in total.